The molecule has 0 spiro atoms. The van der Waals surface area contributed by atoms with Crippen LogP contribution in [0.25, 0.3) is 6.08 Å². The lowest BCUT2D eigenvalue weighted by Gasteiger charge is -2.23. The maximum absolute atomic E-state index is 12.2. The number of carboxylic acids is 1. The highest BCUT2D eigenvalue weighted by Crippen LogP contribution is 2.54. The number of carboxylic acid groups (broad SMARTS) is 1. The number of hydrogen-bond donors (Lipinski definition) is 1. The van der Waals surface area contributed by atoms with E-state index in [2.05, 4.69) is 0 Å². The van der Waals surface area contributed by atoms with Gasteiger partial charge >= 0.3 is 11.9 Å². The molecule has 0 radical (unpaired) electrons. The van der Waals surface area contributed by atoms with Gasteiger partial charge in [0.15, 0.2) is 0 Å². The number of fused-ring (bicyclic) bond motifs is 5. The minimum Gasteiger partial charge on any atom is -0.478 e. The van der Waals surface area contributed by atoms with Gasteiger partial charge in [0.25, 0.3) is 0 Å². The van der Waals surface area contributed by atoms with Crippen LogP contribution in [0.15, 0.2) is 30.3 Å². The molecule has 3 saturated heterocycles. The zero-order valence-electron chi connectivity index (χ0n) is 11.8. The van der Waals surface area contributed by atoms with Crippen molar-refractivity contribution in [1.29, 1.82) is 0 Å². The lowest BCUT2D eigenvalue weighted by atomic mass is 9.76. The van der Waals surface area contributed by atoms with Crippen LogP contribution in [0.4, 0.5) is 0 Å². The van der Waals surface area contributed by atoms with E-state index < -0.39 is 5.97 Å². The third kappa shape index (κ3) is 1.96. The fourth-order valence-corrected chi connectivity index (χ4v) is 4.04. The first-order valence-corrected chi connectivity index (χ1v) is 7.51. The molecule has 4 rings (SSSR count). The van der Waals surface area contributed by atoms with E-state index in [1.807, 2.05) is 24.3 Å². The average Bonchev–Trinajstić information content (AvgIpc) is 3.19. The molecular weight excluding hydrogens is 284 g/mol. The summed E-state index contributed by atoms with van der Waals surface area (Å²) in [5.41, 5.74) is 1.63. The molecule has 3 fully saturated rings. The fourth-order valence-electron chi connectivity index (χ4n) is 4.04. The summed E-state index contributed by atoms with van der Waals surface area (Å²) in [4.78, 5) is 22.9. The molecule has 1 N–H and O–H groups in total. The highest BCUT2D eigenvalue weighted by atomic mass is 16.6. The molecule has 5 heteroatoms. The Bertz CT molecular complexity index is 665. The first kappa shape index (κ1) is 13.5. The second-order valence-electron chi connectivity index (χ2n) is 6.05. The van der Waals surface area contributed by atoms with Gasteiger partial charge in [-0.3, -0.25) is 4.79 Å². The van der Waals surface area contributed by atoms with Crippen molar-refractivity contribution in [2.24, 2.45) is 11.8 Å². The molecular formula is C17H16O5. The molecule has 5 atom stereocenters. The molecule has 1 aromatic rings. The molecule has 1 aromatic carbocycles. The topological polar surface area (TPSA) is 72.8 Å². The largest absolute Gasteiger partial charge is 0.478 e. The molecule has 114 valence electrons. The summed E-state index contributed by atoms with van der Waals surface area (Å²) >= 11 is 0. The average molecular weight is 300 g/mol. The highest BCUT2D eigenvalue weighted by molar-refractivity contribution is 5.85. The SMILES string of the molecule is O=C(O)/C=C/c1ccccc1[C@@H]1OC(=O)[C@@H]2[C@H]1[C@H]1CC[C@@H]2O1. The van der Waals surface area contributed by atoms with Gasteiger partial charge in [0, 0.05) is 17.6 Å². The maximum Gasteiger partial charge on any atom is 0.328 e. The second kappa shape index (κ2) is 4.95. The van der Waals surface area contributed by atoms with E-state index in [9.17, 15) is 9.59 Å². The summed E-state index contributed by atoms with van der Waals surface area (Å²) in [7, 11) is 0. The molecule has 3 aliphatic rings. The van der Waals surface area contributed by atoms with E-state index in [0.717, 1.165) is 30.0 Å². The Balaban J connectivity index is 1.71. The summed E-state index contributed by atoms with van der Waals surface area (Å²) in [6.07, 6.45) is 4.26. The van der Waals surface area contributed by atoms with Gasteiger partial charge in [-0.05, 0) is 24.5 Å². The van der Waals surface area contributed by atoms with Crippen molar-refractivity contribution < 1.29 is 24.2 Å². The first-order valence-electron chi connectivity index (χ1n) is 7.51. The summed E-state index contributed by atoms with van der Waals surface area (Å²) in [6, 6.07) is 7.46. The maximum atomic E-state index is 12.2. The molecule has 0 unspecified atom stereocenters. The van der Waals surface area contributed by atoms with E-state index >= 15 is 0 Å². The van der Waals surface area contributed by atoms with E-state index in [4.69, 9.17) is 14.6 Å². The summed E-state index contributed by atoms with van der Waals surface area (Å²) < 4.78 is 11.5. The number of benzene rings is 1. The van der Waals surface area contributed by atoms with Crippen molar-refractivity contribution in [3.8, 4) is 0 Å². The Morgan fingerprint density at radius 2 is 2.00 bits per heavy atom. The molecule has 2 bridgehead atoms. The van der Waals surface area contributed by atoms with Crippen LogP contribution in [-0.2, 0) is 19.1 Å². The molecule has 3 aliphatic heterocycles. The predicted molar refractivity (Wildman–Crippen MR) is 76.8 cm³/mol. The van der Waals surface area contributed by atoms with Gasteiger partial charge in [-0.25, -0.2) is 4.79 Å². The van der Waals surface area contributed by atoms with Crippen LogP contribution in [0.1, 0.15) is 30.1 Å². The Kier molecular flexibility index (Phi) is 3.04. The van der Waals surface area contributed by atoms with Crippen molar-refractivity contribution in [3.05, 3.63) is 41.5 Å². The van der Waals surface area contributed by atoms with Crippen molar-refractivity contribution in [3.63, 3.8) is 0 Å². The van der Waals surface area contributed by atoms with Crippen LogP contribution in [-0.4, -0.2) is 29.3 Å². The van der Waals surface area contributed by atoms with Gasteiger partial charge in [-0.1, -0.05) is 24.3 Å². The summed E-state index contributed by atoms with van der Waals surface area (Å²) in [5.74, 6) is -1.30. The number of aliphatic carboxylic acids is 1. The van der Waals surface area contributed by atoms with Crippen LogP contribution in [0.5, 0.6) is 0 Å². The van der Waals surface area contributed by atoms with Gasteiger partial charge in [-0.15, -0.1) is 0 Å². The standard InChI is InChI=1S/C17H16O5/c18-13(19)8-5-9-3-1-2-4-10(9)16-14-11-6-7-12(21-11)15(14)17(20)22-16/h1-5,8,11-12,14-16H,6-7H2,(H,18,19)/b8-5+/t11-,12+,14-,15+,16+/m1/s1. The number of cyclic esters (lactones) is 1. The Hall–Kier alpha value is -2.14. The third-order valence-corrected chi connectivity index (χ3v) is 4.90. The molecule has 3 heterocycles. The van der Waals surface area contributed by atoms with Crippen molar-refractivity contribution in [2.75, 3.05) is 0 Å². The molecule has 0 saturated carbocycles. The highest BCUT2D eigenvalue weighted by Gasteiger charge is 2.61. The molecule has 0 aromatic heterocycles. The number of ether oxygens (including phenoxy) is 2. The monoisotopic (exact) mass is 300 g/mol. The first-order chi connectivity index (χ1) is 10.6. The summed E-state index contributed by atoms with van der Waals surface area (Å²) in [6.45, 7) is 0. The fraction of sp³-hybridized carbons (Fsp3) is 0.412. The number of carbonyl (C=O) groups is 2. The summed E-state index contributed by atoms with van der Waals surface area (Å²) in [5, 5.41) is 8.82. The molecule has 0 amide bonds. The quantitative estimate of drug-likeness (QED) is 0.684. The van der Waals surface area contributed by atoms with Crippen LogP contribution in [0.2, 0.25) is 0 Å². The van der Waals surface area contributed by atoms with Gasteiger partial charge < -0.3 is 14.6 Å². The van der Waals surface area contributed by atoms with Crippen LogP contribution < -0.4 is 0 Å². The molecule has 22 heavy (non-hydrogen) atoms. The van der Waals surface area contributed by atoms with Crippen molar-refractivity contribution in [2.45, 2.75) is 31.2 Å². The third-order valence-electron chi connectivity index (χ3n) is 4.90. The van der Waals surface area contributed by atoms with E-state index in [-0.39, 0.29) is 36.1 Å². The zero-order valence-corrected chi connectivity index (χ0v) is 11.8. The number of carbonyl (C=O) groups excluding carboxylic acids is 1. The van der Waals surface area contributed by atoms with Crippen LogP contribution in [0, 0.1) is 11.8 Å². The van der Waals surface area contributed by atoms with Crippen LogP contribution >= 0.6 is 0 Å². The number of esters is 1. The number of rotatable bonds is 3. The normalized spacial score (nSPS) is 35.8. The van der Waals surface area contributed by atoms with E-state index in [1.165, 1.54) is 0 Å². The molecule has 0 aliphatic carbocycles. The Morgan fingerprint density at radius 3 is 2.82 bits per heavy atom. The van der Waals surface area contributed by atoms with Crippen molar-refractivity contribution >= 4 is 18.0 Å². The Labute approximate surface area is 127 Å². The van der Waals surface area contributed by atoms with Crippen LogP contribution in [0.3, 0.4) is 0 Å². The lowest BCUT2D eigenvalue weighted by molar-refractivity contribution is -0.147. The number of hydrogen-bond acceptors (Lipinski definition) is 4. The second-order valence-corrected chi connectivity index (χ2v) is 6.05. The predicted octanol–water partition coefficient (Wildman–Crippen LogP) is 2.18. The van der Waals surface area contributed by atoms with Gasteiger partial charge in [0.1, 0.15) is 6.10 Å². The van der Waals surface area contributed by atoms with Gasteiger partial charge in [0.2, 0.25) is 0 Å². The van der Waals surface area contributed by atoms with E-state index in [0.29, 0.717) is 0 Å². The minimum atomic E-state index is -1.00. The smallest absolute Gasteiger partial charge is 0.328 e. The van der Waals surface area contributed by atoms with Crippen molar-refractivity contribution in [1.82, 2.24) is 0 Å². The lowest BCUT2D eigenvalue weighted by Crippen LogP contribution is -2.28. The minimum absolute atomic E-state index is 0.00535. The molecule has 5 nitrogen and oxygen atoms in total. The zero-order chi connectivity index (χ0) is 15.3. The van der Waals surface area contributed by atoms with Gasteiger partial charge in [-0.2, -0.15) is 0 Å². The van der Waals surface area contributed by atoms with E-state index in [1.54, 1.807) is 6.08 Å². The van der Waals surface area contributed by atoms with Gasteiger partial charge in [0.05, 0.1) is 18.1 Å². The Morgan fingerprint density at radius 1 is 1.23 bits per heavy atom.